The Morgan fingerprint density at radius 1 is 1.12 bits per heavy atom. The Bertz CT molecular complexity index is 981. The first-order valence-corrected chi connectivity index (χ1v) is 13.6. The highest BCUT2D eigenvalue weighted by atomic mass is 35.5. The summed E-state index contributed by atoms with van der Waals surface area (Å²) in [4.78, 5) is 6.69. The number of rotatable bonds is 7. The van der Waals surface area contributed by atoms with E-state index in [1.807, 2.05) is 30.3 Å². The van der Waals surface area contributed by atoms with Gasteiger partial charge in [-0.3, -0.25) is 0 Å². The van der Waals surface area contributed by atoms with Crippen molar-refractivity contribution in [1.29, 1.82) is 0 Å². The second-order valence-electron chi connectivity index (χ2n) is 9.04. The zero-order valence-corrected chi connectivity index (χ0v) is 20.1. The molecule has 32 heavy (non-hydrogen) atoms. The number of anilines is 1. The van der Waals surface area contributed by atoms with E-state index in [0.717, 1.165) is 56.0 Å². The number of pyridine rings is 1. The molecule has 1 saturated heterocycles. The van der Waals surface area contributed by atoms with Gasteiger partial charge in [0.2, 0.25) is 10.0 Å². The standard InChI is InChI=1S/C24H32ClN3O3S/c1-32(29,30)27-23-12-14-28(24-7-2-3-13-26-24)16-20(23)17-31-22-10-8-18(9-11-22)19-5-4-6-21(25)15-19/h2-7,13,15,18,20,22-23,27H,8-12,14,16-17H2,1H3/t18-,20-,22+,23-/m0/s1. The van der Waals surface area contributed by atoms with Crippen molar-refractivity contribution in [3.8, 4) is 0 Å². The number of ether oxygens (including phenoxy) is 1. The average molecular weight is 478 g/mol. The van der Waals surface area contributed by atoms with Crippen molar-refractivity contribution in [2.45, 2.75) is 50.2 Å². The number of benzene rings is 1. The average Bonchev–Trinajstić information content (AvgIpc) is 2.78. The molecule has 2 heterocycles. The number of piperidine rings is 1. The first-order chi connectivity index (χ1) is 15.4. The van der Waals surface area contributed by atoms with E-state index in [9.17, 15) is 8.42 Å². The minimum absolute atomic E-state index is 0.0751. The molecule has 0 bridgehead atoms. The number of nitrogens with one attached hydrogen (secondary N) is 1. The molecule has 1 aromatic carbocycles. The Labute approximate surface area is 196 Å². The van der Waals surface area contributed by atoms with E-state index >= 15 is 0 Å². The zero-order chi connectivity index (χ0) is 22.6. The summed E-state index contributed by atoms with van der Waals surface area (Å²) >= 11 is 6.16. The van der Waals surface area contributed by atoms with Crippen LogP contribution in [0.25, 0.3) is 0 Å². The minimum atomic E-state index is -3.27. The normalized spacial score (nSPS) is 26.8. The maximum atomic E-state index is 11.9. The molecule has 6 nitrogen and oxygen atoms in total. The fraction of sp³-hybridized carbons (Fsp3) is 0.542. The predicted octanol–water partition coefficient (Wildman–Crippen LogP) is 4.22. The van der Waals surface area contributed by atoms with Gasteiger partial charge in [-0.05, 0) is 67.9 Å². The Morgan fingerprint density at radius 2 is 1.94 bits per heavy atom. The highest BCUT2D eigenvalue weighted by Crippen LogP contribution is 2.35. The molecule has 1 aliphatic heterocycles. The van der Waals surface area contributed by atoms with Crippen molar-refractivity contribution < 1.29 is 13.2 Å². The third kappa shape index (κ3) is 6.44. The lowest BCUT2D eigenvalue weighted by Gasteiger charge is -2.40. The molecular weight excluding hydrogens is 446 g/mol. The number of aromatic nitrogens is 1. The fourth-order valence-corrected chi connectivity index (χ4v) is 6.02. The van der Waals surface area contributed by atoms with Crippen molar-refractivity contribution in [3.05, 3.63) is 59.2 Å². The van der Waals surface area contributed by atoms with E-state index in [1.165, 1.54) is 11.8 Å². The van der Waals surface area contributed by atoms with E-state index in [0.29, 0.717) is 12.5 Å². The summed E-state index contributed by atoms with van der Waals surface area (Å²) < 4.78 is 33.0. The molecular formula is C24H32ClN3O3S. The van der Waals surface area contributed by atoms with Crippen molar-refractivity contribution in [2.75, 3.05) is 30.9 Å². The van der Waals surface area contributed by atoms with Crippen LogP contribution in [0.1, 0.15) is 43.6 Å². The second kappa shape index (κ2) is 10.5. The van der Waals surface area contributed by atoms with Crippen LogP contribution < -0.4 is 9.62 Å². The van der Waals surface area contributed by atoms with Gasteiger partial charge in [0.1, 0.15) is 5.82 Å². The van der Waals surface area contributed by atoms with Crippen molar-refractivity contribution in [3.63, 3.8) is 0 Å². The highest BCUT2D eigenvalue weighted by Gasteiger charge is 2.33. The maximum Gasteiger partial charge on any atom is 0.208 e. The molecule has 4 rings (SSSR count). The van der Waals surface area contributed by atoms with Gasteiger partial charge in [0.15, 0.2) is 0 Å². The van der Waals surface area contributed by atoms with Gasteiger partial charge in [-0.1, -0.05) is 29.8 Å². The van der Waals surface area contributed by atoms with E-state index in [4.69, 9.17) is 16.3 Å². The highest BCUT2D eigenvalue weighted by molar-refractivity contribution is 7.88. The Balaban J connectivity index is 1.34. The molecule has 2 atom stereocenters. The van der Waals surface area contributed by atoms with Crippen LogP contribution >= 0.6 is 11.6 Å². The molecule has 174 valence electrons. The molecule has 0 spiro atoms. The van der Waals surface area contributed by atoms with Gasteiger partial charge in [-0.25, -0.2) is 18.1 Å². The van der Waals surface area contributed by atoms with Crippen molar-refractivity contribution in [2.24, 2.45) is 5.92 Å². The topological polar surface area (TPSA) is 71.5 Å². The lowest BCUT2D eigenvalue weighted by atomic mass is 9.82. The molecule has 1 aromatic heterocycles. The zero-order valence-electron chi connectivity index (χ0n) is 18.5. The minimum Gasteiger partial charge on any atom is -0.378 e. The lowest BCUT2D eigenvalue weighted by Crippen LogP contribution is -2.52. The van der Waals surface area contributed by atoms with E-state index in [-0.39, 0.29) is 18.1 Å². The molecule has 0 radical (unpaired) electrons. The van der Waals surface area contributed by atoms with Crippen LogP contribution in [0.5, 0.6) is 0 Å². The van der Waals surface area contributed by atoms with Gasteiger partial charge in [0.05, 0.1) is 19.0 Å². The summed E-state index contributed by atoms with van der Waals surface area (Å²) in [6.07, 6.45) is 8.17. The van der Waals surface area contributed by atoms with Gasteiger partial charge < -0.3 is 9.64 Å². The number of halogens is 1. The van der Waals surface area contributed by atoms with E-state index in [2.05, 4.69) is 26.7 Å². The van der Waals surface area contributed by atoms with Crippen LogP contribution in [-0.2, 0) is 14.8 Å². The second-order valence-corrected chi connectivity index (χ2v) is 11.3. The summed E-state index contributed by atoms with van der Waals surface area (Å²) in [5.41, 5.74) is 1.31. The molecule has 0 amide bonds. The van der Waals surface area contributed by atoms with Gasteiger partial charge in [-0.2, -0.15) is 0 Å². The third-order valence-corrected chi connectivity index (χ3v) is 7.58. The number of nitrogens with zero attached hydrogens (tertiary/aromatic N) is 2. The van der Waals surface area contributed by atoms with Gasteiger partial charge in [0, 0.05) is 36.3 Å². The largest absolute Gasteiger partial charge is 0.378 e. The number of hydrogen-bond acceptors (Lipinski definition) is 5. The van der Waals surface area contributed by atoms with Gasteiger partial charge >= 0.3 is 0 Å². The molecule has 1 aliphatic carbocycles. The third-order valence-electron chi connectivity index (χ3n) is 6.61. The van der Waals surface area contributed by atoms with Crippen LogP contribution in [0.2, 0.25) is 5.02 Å². The quantitative estimate of drug-likeness (QED) is 0.646. The Kier molecular flexibility index (Phi) is 7.71. The summed E-state index contributed by atoms with van der Waals surface area (Å²) in [6.45, 7) is 2.04. The van der Waals surface area contributed by atoms with Crippen LogP contribution in [0.4, 0.5) is 5.82 Å². The van der Waals surface area contributed by atoms with Crippen LogP contribution in [0.3, 0.4) is 0 Å². The molecule has 0 unspecified atom stereocenters. The molecule has 8 heteroatoms. The monoisotopic (exact) mass is 477 g/mol. The van der Waals surface area contributed by atoms with E-state index in [1.54, 1.807) is 6.20 Å². The first-order valence-electron chi connectivity index (χ1n) is 11.4. The Morgan fingerprint density at radius 3 is 2.62 bits per heavy atom. The summed E-state index contributed by atoms with van der Waals surface area (Å²) in [6, 6.07) is 13.9. The van der Waals surface area contributed by atoms with Crippen LogP contribution in [-0.4, -0.2) is 51.5 Å². The maximum absolute atomic E-state index is 11.9. The summed E-state index contributed by atoms with van der Waals surface area (Å²) in [5, 5.41) is 0.792. The molecule has 1 N–H and O–H groups in total. The molecule has 2 fully saturated rings. The van der Waals surface area contributed by atoms with Gasteiger partial charge in [0.25, 0.3) is 0 Å². The molecule has 2 aromatic rings. The number of hydrogen-bond donors (Lipinski definition) is 1. The fourth-order valence-electron chi connectivity index (χ4n) is 4.96. The molecule has 2 aliphatic rings. The lowest BCUT2D eigenvalue weighted by molar-refractivity contribution is -0.00213. The van der Waals surface area contributed by atoms with Gasteiger partial charge in [-0.15, -0.1) is 0 Å². The smallest absolute Gasteiger partial charge is 0.208 e. The van der Waals surface area contributed by atoms with E-state index < -0.39 is 10.0 Å². The van der Waals surface area contributed by atoms with Crippen LogP contribution in [0, 0.1) is 5.92 Å². The van der Waals surface area contributed by atoms with Crippen LogP contribution in [0.15, 0.2) is 48.7 Å². The molecule has 1 saturated carbocycles. The number of sulfonamides is 1. The SMILES string of the molecule is CS(=O)(=O)N[C@H]1CCN(c2ccccn2)C[C@H]1CO[C@H]1CC[C@@H](c2cccc(Cl)c2)CC1. The Hall–Kier alpha value is -1.67. The first kappa shape index (κ1) is 23.5. The predicted molar refractivity (Wildman–Crippen MR) is 129 cm³/mol. The summed E-state index contributed by atoms with van der Waals surface area (Å²) in [7, 11) is -3.27. The van der Waals surface area contributed by atoms with Crippen molar-refractivity contribution in [1.82, 2.24) is 9.71 Å². The van der Waals surface area contributed by atoms with Crippen molar-refractivity contribution >= 4 is 27.4 Å². The summed E-state index contributed by atoms with van der Waals surface area (Å²) in [5.74, 6) is 1.53.